The molecule has 1 aliphatic heterocycles. The van der Waals surface area contributed by atoms with Gasteiger partial charge in [0, 0.05) is 18.5 Å². The number of aromatic nitrogens is 2. The summed E-state index contributed by atoms with van der Waals surface area (Å²) in [5.41, 5.74) is 3.44. The van der Waals surface area contributed by atoms with E-state index in [1.54, 1.807) is 0 Å². The third-order valence-corrected chi connectivity index (χ3v) is 4.51. The van der Waals surface area contributed by atoms with E-state index in [9.17, 15) is 0 Å². The predicted octanol–water partition coefficient (Wildman–Crippen LogP) is 3.35. The molecule has 1 aromatic carbocycles. The van der Waals surface area contributed by atoms with Gasteiger partial charge in [-0.2, -0.15) is 5.26 Å². The van der Waals surface area contributed by atoms with Crippen molar-refractivity contribution in [1.82, 2.24) is 14.9 Å². The van der Waals surface area contributed by atoms with Crippen molar-refractivity contribution >= 4 is 11.0 Å². The molecule has 0 radical (unpaired) electrons. The second kappa shape index (κ2) is 5.87. The number of fused-ring (bicyclic) bond motifs is 1. The van der Waals surface area contributed by atoms with E-state index in [1.165, 1.54) is 18.4 Å². The first-order chi connectivity index (χ1) is 10.2. The second-order valence-corrected chi connectivity index (χ2v) is 6.19. The van der Waals surface area contributed by atoms with Crippen molar-refractivity contribution in [2.45, 2.75) is 45.1 Å². The fourth-order valence-electron chi connectivity index (χ4n) is 3.23. The van der Waals surface area contributed by atoms with Crippen LogP contribution >= 0.6 is 0 Å². The van der Waals surface area contributed by atoms with Gasteiger partial charge in [0.05, 0.1) is 23.5 Å². The average Bonchev–Trinajstić information content (AvgIpc) is 2.90. The van der Waals surface area contributed by atoms with Gasteiger partial charge in [0.25, 0.3) is 0 Å². The average molecular weight is 282 g/mol. The summed E-state index contributed by atoms with van der Waals surface area (Å²) in [5, 5.41) is 8.88. The van der Waals surface area contributed by atoms with Crippen LogP contribution in [0.5, 0.6) is 0 Å². The normalized spacial score (nSPS) is 21.3. The molecule has 0 amide bonds. The zero-order valence-electron chi connectivity index (χ0n) is 12.8. The maximum absolute atomic E-state index is 8.88. The summed E-state index contributed by atoms with van der Waals surface area (Å²) in [5.74, 6) is 1.55. The number of piperidine rings is 1. The lowest BCUT2D eigenvalue weighted by Crippen LogP contribution is -2.40. The van der Waals surface area contributed by atoms with E-state index in [0.717, 1.165) is 29.9 Å². The zero-order valence-corrected chi connectivity index (χ0v) is 12.8. The fourth-order valence-corrected chi connectivity index (χ4v) is 3.23. The number of aryl methyl sites for hydroxylation is 1. The molecule has 1 aromatic heterocycles. The summed E-state index contributed by atoms with van der Waals surface area (Å²) in [6, 6.07) is 8.97. The van der Waals surface area contributed by atoms with Crippen LogP contribution in [0.15, 0.2) is 18.2 Å². The standard InChI is InChI=1S/C17H22N4/c1-12-5-6-15-16(10-12)20-17(19-15)14-4-3-9-21(11-14)13(2)7-8-18/h5-6,10,13-14H,3-4,7,9,11H2,1-2H3,(H,19,20). The Kier molecular flexibility index (Phi) is 3.94. The lowest BCUT2D eigenvalue weighted by atomic mass is 9.96. The topological polar surface area (TPSA) is 55.7 Å². The van der Waals surface area contributed by atoms with Crippen LogP contribution in [-0.4, -0.2) is 34.0 Å². The van der Waals surface area contributed by atoms with Crippen LogP contribution in [0.25, 0.3) is 11.0 Å². The van der Waals surface area contributed by atoms with Crippen molar-refractivity contribution < 1.29 is 0 Å². The summed E-state index contributed by atoms with van der Waals surface area (Å²) in [6.07, 6.45) is 2.96. The number of nitrogens with one attached hydrogen (secondary N) is 1. The van der Waals surface area contributed by atoms with Crippen LogP contribution in [0.2, 0.25) is 0 Å². The largest absolute Gasteiger partial charge is 0.342 e. The van der Waals surface area contributed by atoms with Gasteiger partial charge in [-0.25, -0.2) is 4.98 Å². The molecular weight excluding hydrogens is 260 g/mol. The molecule has 2 aromatic rings. The fraction of sp³-hybridized carbons (Fsp3) is 0.529. The smallest absolute Gasteiger partial charge is 0.111 e. The minimum absolute atomic E-state index is 0.337. The molecule has 2 unspecified atom stereocenters. The van der Waals surface area contributed by atoms with Crippen LogP contribution in [0.3, 0.4) is 0 Å². The van der Waals surface area contributed by atoms with Crippen molar-refractivity contribution in [3.63, 3.8) is 0 Å². The SMILES string of the molecule is Cc1ccc2nc(C3CCCN(C(C)CC#N)C3)[nH]c2c1. The van der Waals surface area contributed by atoms with Crippen LogP contribution in [0, 0.1) is 18.3 Å². The number of benzene rings is 1. The number of imidazole rings is 1. The number of rotatable bonds is 3. The number of nitrogens with zero attached hydrogens (tertiary/aromatic N) is 3. The number of nitriles is 1. The van der Waals surface area contributed by atoms with E-state index in [-0.39, 0.29) is 0 Å². The van der Waals surface area contributed by atoms with Crippen molar-refractivity contribution in [2.24, 2.45) is 0 Å². The first kappa shape index (κ1) is 14.1. The maximum atomic E-state index is 8.88. The number of hydrogen-bond acceptors (Lipinski definition) is 3. The van der Waals surface area contributed by atoms with Crippen LogP contribution in [-0.2, 0) is 0 Å². The molecule has 2 heterocycles. The molecule has 1 saturated heterocycles. The van der Waals surface area contributed by atoms with E-state index < -0.39 is 0 Å². The summed E-state index contributed by atoms with van der Waals surface area (Å²) in [4.78, 5) is 10.7. The van der Waals surface area contributed by atoms with E-state index in [0.29, 0.717) is 18.4 Å². The Hall–Kier alpha value is -1.86. The molecule has 3 rings (SSSR count). The number of H-pyrrole nitrogens is 1. The van der Waals surface area contributed by atoms with Gasteiger partial charge < -0.3 is 4.98 Å². The van der Waals surface area contributed by atoms with Crippen LogP contribution in [0.4, 0.5) is 0 Å². The van der Waals surface area contributed by atoms with Gasteiger partial charge in [0.2, 0.25) is 0 Å². The highest BCUT2D eigenvalue weighted by atomic mass is 15.2. The molecule has 0 saturated carbocycles. The highest BCUT2D eigenvalue weighted by molar-refractivity contribution is 5.75. The monoisotopic (exact) mass is 282 g/mol. The lowest BCUT2D eigenvalue weighted by Gasteiger charge is -2.35. The molecule has 1 N–H and O–H groups in total. The van der Waals surface area contributed by atoms with Gasteiger partial charge in [0.1, 0.15) is 5.82 Å². The molecule has 21 heavy (non-hydrogen) atoms. The van der Waals surface area contributed by atoms with Crippen LogP contribution < -0.4 is 0 Å². The molecule has 1 fully saturated rings. The van der Waals surface area contributed by atoms with Gasteiger partial charge in [-0.1, -0.05) is 6.07 Å². The summed E-state index contributed by atoms with van der Waals surface area (Å²) < 4.78 is 0. The van der Waals surface area contributed by atoms with Gasteiger partial charge >= 0.3 is 0 Å². The van der Waals surface area contributed by atoms with Gasteiger partial charge in [0.15, 0.2) is 0 Å². The molecule has 0 bridgehead atoms. The van der Waals surface area contributed by atoms with Gasteiger partial charge in [-0.05, 0) is 50.9 Å². The first-order valence-electron chi connectivity index (χ1n) is 7.74. The Labute approximate surface area is 125 Å². The van der Waals surface area contributed by atoms with E-state index >= 15 is 0 Å². The Morgan fingerprint density at radius 1 is 1.52 bits per heavy atom. The van der Waals surface area contributed by atoms with Crippen molar-refractivity contribution in [3.05, 3.63) is 29.6 Å². The third-order valence-electron chi connectivity index (χ3n) is 4.51. The Morgan fingerprint density at radius 3 is 3.19 bits per heavy atom. The third kappa shape index (κ3) is 2.93. The van der Waals surface area contributed by atoms with Crippen LogP contribution in [0.1, 0.15) is 43.5 Å². The second-order valence-electron chi connectivity index (χ2n) is 6.19. The van der Waals surface area contributed by atoms with E-state index in [2.05, 4.69) is 48.0 Å². The van der Waals surface area contributed by atoms with Gasteiger partial charge in [-0.15, -0.1) is 0 Å². The van der Waals surface area contributed by atoms with Crippen molar-refractivity contribution in [2.75, 3.05) is 13.1 Å². The highest BCUT2D eigenvalue weighted by Crippen LogP contribution is 2.28. The predicted molar refractivity (Wildman–Crippen MR) is 84.1 cm³/mol. The summed E-state index contributed by atoms with van der Waals surface area (Å²) >= 11 is 0. The minimum atomic E-state index is 0.337. The molecule has 2 atom stereocenters. The van der Waals surface area contributed by atoms with Crippen molar-refractivity contribution in [3.8, 4) is 6.07 Å². The van der Waals surface area contributed by atoms with Gasteiger partial charge in [-0.3, -0.25) is 4.90 Å². The first-order valence-corrected chi connectivity index (χ1v) is 7.74. The summed E-state index contributed by atoms with van der Waals surface area (Å²) in [6.45, 7) is 6.35. The molecule has 4 nitrogen and oxygen atoms in total. The molecular formula is C17H22N4. The minimum Gasteiger partial charge on any atom is -0.342 e. The van der Waals surface area contributed by atoms with E-state index in [1.807, 2.05) is 0 Å². The number of hydrogen-bond donors (Lipinski definition) is 1. The number of aromatic amines is 1. The molecule has 4 heteroatoms. The molecule has 1 aliphatic rings. The number of likely N-dealkylation sites (tertiary alicyclic amines) is 1. The Balaban J connectivity index is 1.80. The van der Waals surface area contributed by atoms with Crippen molar-refractivity contribution in [1.29, 1.82) is 5.26 Å². The highest BCUT2D eigenvalue weighted by Gasteiger charge is 2.26. The molecule has 0 aliphatic carbocycles. The zero-order chi connectivity index (χ0) is 14.8. The quantitative estimate of drug-likeness (QED) is 0.939. The molecule has 0 spiro atoms. The Morgan fingerprint density at radius 2 is 2.38 bits per heavy atom. The lowest BCUT2D eigenvalue weighted by molar-refractivity contribution is 0.157. The van der Waals surface area contributed by atoms with E-state index in [4.69, 9.17) is 10.2 Å². The maximum Gasteiger partial charge on any atom is 0.111 e. The summed E-state index contributed by atoms with van der Waals surface area (Å²) in [7, 11) is 0. The Bertz CT molecular complexity index is 667. The molecule has 110 valence electrons.